The number of unbranched alkanes of at least 4 members (excludes halogenated alkanes) is 38. The molecule has 0 N–H and O–H groups in total. The Morgan fingerprint density at radius 1 is 0.253 bits per heavy atom. The van der Waals surface area contributed by atoms with E-state index in [0.717, 1.165) is 116 Å². The van der Waals surface area contributed by atoms with Crippen LogP contribution in [0, 0.1) is 0 Å². The largest absolute Gasteiger partial charge is 0.462 e. The monoisotopic (exact) mass is 1160 g/mol. The van der Waals surface area contributed by atoms with Crippen LogP contribution in [0.5, 0.6) is 0 Å². The van der Waals surface area contributed by atoms with Crippen molar-refractivity contribution in [3.63, 3.8) is 0 Å². The van der Waals surface area contributed by atoms with Crippen molar-refractivity contribution in [1.82, 2.24) is 0 Å². The molecule has 0 aromatic heterocycles. The molecule has 0 spiro atoms. The molecule has 0 aromatic carbocycles. The number of hydrogen-bond donors (Lipinski definition) is 0. The molecule has 1 unspecified atom stereocenters. The molecule has 0 saturated carbocycles. The van der Waals surface area contributed by atoms with Gasteiger partial charge in [-0.1, -0.05) is 311 Å². The van der Waals surface area contributed by atoms with Crippen LogP contribution >= 0.6 is 0 Å². The van der Waals surface area contributed by atoms with Crippen LogP contribution in [0.2, 0.25) is 0 Å². The van der Waals surface area contributed by atoms with Crippen molar-refractivity contribution in [1.29, 1.82) is 0 Å². The van der Waals surface area contributed by atoms with Crippen molar-refractivity contribution in [2.24, 2.45) is 0 Å². The van der Waals surface area contributed by atoms with Gasteiger partial charge >= 0.3 is 17.9 Å². The summed E-state index contributed by atoms with van der Waals surface area (Å²) in [6.07, 6.45) is 95.7. The average Bonchev–Trinajstić information content (AvgIpc) is 3.49. The molecule has 83 heavy (non-hydrogen) atoms. The molecule has 0 heterocycles. The van der Waals surface area contributed by atoms with Gasteiger partial charge in [-0.2, -0.15) is 0 Å². The summed E-state index contributed by atoms with van der Waals surface area (Å²) in [6.45, 7) is 6.54. The number of rotatable bonds is 65. The second-order valence-electron chi connectivity index (χ2n) is 23.8. The predicted molar refractivity (Wildman–Crippen MR) is 362 cm³/mol. The summed E-state index contributed by atoms with van der Waals surface area (Å²) in [5.41, 5.74) is 0. The van der Waals surface area contributed by atoms with E-state index in [1.165, 1.54) is 199 Å². The number of hydrogen-bond acceptors (Lipinski definition) is 6. The molecule has 0 rings (SSSR count). The zero-order valence-corrected chi connectivity index (χ0v) is 54.9. The normalized spacial score (nSPS) is 12.7. The highest BCUT2D eigenvalue weighted by Gasteiger charge is 2.19. The van der Waals surface area contributed by atoms with E-state index in [9.17, 15) is 14.4 Å². The summed E-state index contributed by atoms with van der Waals surface area (Å²) >= 11 is 0. The van der Waals surface area contributed by atoms with Crippen molar-refractivity contribution in [2.45, 2.75) is 361 Å². The Bertz CT molecular complexity index is 1610. The van der Waals surface area contributed by atoms with Crippen LogP contribution in [0.1, 0.15) is 355 Å². The zero-order valence-electron chi connectivity index (χ0n) is 54.9. The molecule has 6 heteroatoms. The van der Waals surface area contributed by atoms with Crippen LogP contribution in [-0.2, 0) is 28.6 Å². The zero-order chi connectivity index (χ0) is 59.9. The van der Waals surface area contributed by atoms with Gasteiger partial charge in [-0.05, 0) is 122 Å². The maximum absolute atomic E-state index is 13.0. The van der Waals surface area contributed by atoms with E-state index in [2.05, 4.69) is 118 Å². The lowest BCUT2D eigenvalue weighted by Crippen LogP contribution is -2.30. The maximum Gasteiger partial charge on any atom is 0.306 e. The summed E-state index contributed by atoms with van der Waals surface area (Å²) in [6, 6.07) is 0. The first-order valence-electron chi connectivity index (χ1n) is 35.7. The lowest BCUT2D eigenvalue weighted by molar-refractivity contribution is -0.167. The van der Waals surface area contributed by atoms with Crippen molar-refractivity contribution in [3.05, 3.63) is 97.2 Å². The summed E-state index contributed by atoms with van der Waals surface area (Å²) in [7, 11) is 0. The molecule has 0 saturated heterocycles. The maximum atomic E-state index is 13.0. The Morgan fingerprint density at radius 2 is 0.470 bits per heavy atom. The average molecular weight is 1160 g/mol. The van der Waals surface area contributed by atoms with Crippen LogP contribution in [-0.4, -0.2) is 37.2 Å². The molecule has 0 aliphatic rings. The molecule has 0 bridgehead atoms. The molecule has 0 aliphatic heterocycles. The minimum absolute atomic E-state index is 0.0859. The van der Waals surface area contributed by atoms with Crippen LogP contribution in [0.15, 0.2) is 97.2 Å². The topological polar surface area (TPSA) is 78.9 Å². The third kappa shape index (κ3) is 69.0. The lowest BCUT2D eigenvalue weighted by Gasteiger charge is -2.18. The van der Waals surface area contributed by atoms with E-state index in [1.54, 1.807) is 0 Å². The van der Waals surface area contributed by atoms with Crippen LogP contribution < -0.4 is 0 Å². The van der Waals surface area contributed by atoms with Crippen LogP contribution in [0.4, 0.5) is 0 Å². The van der Waals surface area contributed by atoms with Gasteiger partial charge in [0.2, 0.25) is 0 Å². The van der Waals surface area contributed by atoms with Gasteiger partial charge in [0.15, 0.2) is 6.10 Å². The summed E-state index contributed by atoms with van der Waals surface area (Å²) < 4.78 is 17.0. The third-order valence-electron chi connectivity index (χ3n) is 15.5. The first-order valence-corrected chi connectivity index (χ1v) is 35.7. The van der Waals surface area contributed by atoms with E-state index >= 15 is 0 Å². The van der Waals surface area contributed by atoms with Crippen LogP contribution in [0.3, 0.4) is 0 Å². The molecular weight excluding hydrogens is 1020 g/mol. The van der Waals surface area contributed by atoms with Gasteiger partial charge < -0.3 is 14.2 Å². The fraction of sp³-hybridized carbons (Fsp3) is 0.753. The van der Waals surface area contributed by atoms with Gasteiger partial charge in [0.25, 0.3) is 0 Å². The van der Waals surface area contributed by atoms with Gasteiger partial charge in [-0.15, -0.1) is 0 Å². The number of allylic oxidation sites excluding steroid dienone is 16. The Labute approximate surface area is 515 Å². The highest BCUT2D eigenvalue weighted by molar-refractivity contribution is 5.71. The Morgan fingerprint density at radius 3 is 0.747 bits per heavy atom. The molecule has 0 aromatic rings. The highest BCUT2D eigenvalue weighted by atomic mass is 16.6. The molecular formula is C77H134O6. The first kappa shape index (κ1) is 79.3. The number of carbonyl (C=O) groups is 3. The van der Waals surface area contributed by atoms with Gasteiger partial charge in [0.05, 0.1) is 0 Å². The van der Waals surface area contributed by atoms with Crippen molar-refractivity contribution in [3.8, 4) is 0 Å². The molecule has 0 amide bonds. The molecule has 0 aliphatic carbocycles. The summed E-state index contributed by atoms with van der Waals surface area (Å²) in [5.74, 6) is -0.893. The van der Waals surface area contributed by atoms with E-state index < -0.39 is 6.10 Å². The predicted octanol–water partition coefficient (Wildman–Crippen LogP) is 24.8. The van der Waals surface area contributed by atoms with Gasteiger partial charge in [0.1, 0.15) is 13.2 Å². The SMILES string of the molecule is CC/C=C\C/C=C\C/C=C\C/C=C\C/C=C\CCCCCCCC(=O)OC(COC(=O)CCCCCCCCCCC/C=C\C/C=C\CCCCCCC)COC(=O)CCCCCCCCCCCCC/C=C\CCCCCCCCCC. The minimum Gasteiger partial charge on any atom is -0.462 e. The quantitative estimate of drug-likeness (QED) is 0.0261. The van der Waals surface area contributed by atoms with Gasteiger partial charge in [0, 0.05) is 19.3 Å². The highest BCUT2D eigenvalue weighted by Crippen LogP contribution is 2.17. The molecule has 0 radical (unpaired) electrons. The van der Waals surface area contributed by atoms with Crippen LogP contribution in [0.25, 0.3) is 0 Å². The fourth-order valence-electron chi connectivity index (χ4n) is 10.2. The van der Waals surface area contributed by atoms with E-state index in [1.807, 2.05) is 0 Å². The second-order valence-corrected chi connectivity index (χ2v) is 23.8. The third-order valence-corrected chi connectivity index (χ3v) is 15.5. The summed E-state index contributed by atoms with van der Waals surface area (Å²) in [5, 5.41) is 0. The molecule has 0 fully saturated rings. The lowest BCUT2D eigenvalue weighted by atomic mass is 10.0. The van der Waals surface area contributed by atoms with Crippen molar-refractivity contribution < 1.29 is 28.6 Å². The van der Waals surface area contributed by atoms with Crippen molar-refractivity contribution >= 4 is 17.9 Å². The smallest absolute Gasteiger partial charge is 0.306 e. The first-order chi connectivity index (χ1) is 41.0. The van der Waals surface area contributed by atoms with Gasteiger partial charge in [-0.3, -0.25) is 14.4 Å². The molecule has 478 valence electrons. The Hall–Kier alpha value is -3.67. The molecule has 1 atom stereocenters. The second kappa shape index (κ2) is 70.8. The number of esters is 3. The summed E-state index contributed by atoms with van der Waals surface area (Å²) in [4.78, 5) is 38.5. The standard InChI is InChI=1S/C77H134O6/c1-4-7-10-13-16-19-22-25-28-31-34-37-38-41-43-46-49-52-55-58-61-64-67-70-76(79)82-73-74(83-77(80)71-68-65-62-59-56-53-50-47-44-40-36-33-30-27-24-21-18-15-12-9-6-3)72-81-75(78)69-66-63-60-57-54-51-48-45-42-39-35-32-29-26-23-20-17-14-11-8-5-2/h9,12,18,21,23,26-27,30-32,34-36,40,47,50,74H,4-8,10-11,13-17,19-20,22,24-25,28-29,33,37-39,41-46,48-49,51-73H2,1-3H3/b12-9-,21-18-,26-23-,30-27-,34-31-,35-32-,40-36-,50-47-. The van der Waals surface area contributed by atoms with Crippen molar-refractivity contribution in [2.75, 3.05) is 13.2 Å². The number of ether oxygens (including phenoxy) is 3. The van der Waals surface area contributed by atoms with E-state index in [-0.39, 0.29) is 31.1 Å². The van der Waals surface area contributed by atoms with E-state index in [0.29, 0.717) is 19.3 Å². The minimum atomic E-state index is -0.794. The fourth-order valence-corrected chi connectivity index (χ4v) is 10.2. The molecule has 6 nitrogen and oxygen atoms in total. The number of carbonyl (C=O) groups excluding carboxylic acids is 3. The van der Waals surface area contributed by atoms with Gasteiger partial charge in [-0.25, -0.2) is 0 Å². The van der Waals surface area contributed by atoms with E-state index in [4.69, 9.17) is 14.2 Å². The Kier molecular flexibility index (Phi) is 67.7. The Balaban J connectivity index is 4.41.